The highest BCUT2D eigenvalue weighted by atomic mass is 16.5. The first kappa shape index (κ1) is 14.0. The van der Waals surface area contributed by atoms with Gasteiger partial charge in [-0.1, -0.05) is 24.3 Å². The van der Waals surface area contributed by atoms with E-state index in [1.54, 1.807) is 0 Å². The van der Waals surface area contributed by atoms with E-state index in [-0.39, 0.29) is 6.10 Å². The van der Waals surface area contributed by atoms with Crippen molar-refractivity contribution in [1.29, 1.82) is 0 Å². The lowest BCUT2D eigenvalue weighted by Crippen LogP contribution is -2.45. The zero-order valence-corrected chi connectivity index (χ0v) is 12.2. The lowest BCUT2D eigenvalue weighted by Gasteiger charge is -2.31. The first-order valence-electron chi connectivity index (χ1n) is 7.53. The zero-order valence-electron chi connectivity index (χ0n) is 12.2. The molecule has 110 valence electrons. The van der Waals surface area contributed by atoms with E-state index in [1.807, 2.05) is 0 Å². The first-order chi connectivity index (χ1) is 9.83. The molecular formula is C16H24N2O2. The third kappa shape index (κ3) is 3.38. The van der Waals surface area contributed by atoms with Crippen molar-refractivity contribution in [2.24, 2.45) is 0 Å². The Morgan fingerprint density at radius 1 is 1.20 bits per heavy atom. The van der Waals surface area contributed by atoms with Crippen molar-refractivity contribution in [3.05, 3.63) is 35.4 Å². The summed E-state index contributed by atoms with van der Waals surface area (Å²) >= 11 is 0. The number of morpholine rings is 1. The van der Waals surface area contributed by atoms with Gasteiger partial charge in [0.05, 0.1) is 25.4 Å². The molecule has 2 aliphatic heterocycles. The van der Waals surface area contributed by atoms with Gasteiger partial charge in [0, 0.05) is 26.2 Å². The summed E-state index contributed by atoms with van der Waals surface area (Å²) in [6.45, 7) is 5.47. The molecule has 2 heterocycles. The normalized spacial score (nSPS) is 27.2. The van der Waals surface area contributed by atoms with Gasteiger partial charge in [-0.15, -0.1) is 0 Å². The van der Waals surface area contributed by atoms with Gasteiger partial charge in [-0.25, -0.2) is 0 Å². The third-order valence-corrected chi connectivity index (χ3v) is 4.14. The smallest absolute Gasteiger partial charge is 0.0952 e. The van der Waals surface area contributed by atoms with Crippen LogP contribution in [0.4, 0.5) is 0 Å². The molecule has 20 heavy (non-hydrogen) atoms. The summed E-state index contributed by atoms with van der Waals surface area (Å²) in [5.74, 6) is 0. The van der Waals surface area contributed by atoms with Gasteiger partial charge in [0.15, 0.2) is 0 Å². The fraction of sp³-hybridized carbons (Fsp3) is 0.625. The van der Waals surface area contributed by atoms with E-state index in [9.17, 15) is 0 Å². The van der Waals surface area contributed by atoms with Crippen LogP contribution in [0.5, 0.6) is 0 Å². The summed E-state index contributed by atoms with van der Waals surface area (Å²) in [6, 6.07) is 8.61. The second kappa shape index (κ2) is 6.68. The van der Waals surface area contributed by atoms with Gasteiger partial charge in [0.1, 0.15) is 0 Å². The SMILES string of the molecule is CN1CCOC(CNCC2OCCc3ccccc32)C1. The Morgan fingerprint density at radius 3 is 3.00 bits per heavy atom. The van der Waals surface area contributed by atoms with Crippen LogP contribution in [0.3, 0.4) is 0 Å². The Balaban J connectivity index is 1.49. The molecule has 0 aromatic heterocycles. The van der Waals surface area contributed by atoms with Gasteiger partial charge in [-0.05, 0) is 24.6 Å². The van der Waals surface area contributed by atoms with Crippen LogP contribution >= 0.6 is 0 Å². The van der Waals surface area contributed by atoms with E-state index in [0.29, 0.717) is 6.10 Å². The van der Waals surface area contributed by atoms with E-state index < -0.39 is 0 Å². The first-order valence-corrected chi connectivity index (χ1v) is 7.53. The molecule has 1 fully saturated rings. The molecule has 4 heteroatoms. The monoisotopic (exact) mass is 276 g/mol. The number of likely N-dealkylation sites (N-methyl/N-ethyl adjacent to an activating group) is 1. The average molecular weight is 276 g/mol. The summed E-state index contributed by atoms with van der Waals surface area (Å²) in [4.78, 5) is 2.32. The number of benzene rings is 1. The van der Waals surface area contributed by atoms with Crippen LogP contribution in [0.15, 0.2) is 24.3 Å². The summed E-state index contributed by atoms with van der Waals surface area (Å²) in [5, 5.41) is 3.51. The van der Waals surface area contributed by atoms with Crippen LogP contribution < -0.4 is 5.32 Å². The van der Waals surface area contributed by atoms with Crippen LogP contribution in [-0.2, 0) is 15.9 Å². The van der Waals surface area contributed by atoms with E-state index in [0.717, 1.165) is 45.8 Å². The molecule has 2 unspecified atom stereocenters. The van der Waals surface area contributed by atoms with Gasteiger partial charge >= 0.3 is 0 Å². The lowest BCUT2D eigenvalue weighted by atomic mass is 9.97. The molecule has 1 saturated heterocycles. The van der Waals surface area contributed by atoms with E-state index in [2.05, 4.69) is 41.5 Å². The molecule has 1 aromatic rings. The molecule has 3 rings (SSSR count). The number of fused-ring (bicyclic) bond motifs is 1. The standard InChI is InChI=1S/C16H24N2O2/c1-18-7-9-19-14(12-18)10-17-11-16-15-5-3-2-4-13(15)6-8-20-16/h2-5,14,16-17H,6-12H2,1H3. The average Bonchev–Trinajstić information content (AvgIpc) is 2.48. The number of ether oxygens (including phenoxy) is 2. The topological polar surface area (TPSA) is 33.7 Å². The number of rotatable bonds is 4. The fourth-order valence-electron chi connectivity index (χ4n) is 3.01. The molecule has 4 nitrogen and oxygen atoms in total. The number of nitrogens with zero attached hydrogens (tertiary/aromatic N) is 1. The minimum atomic E-state index is 0.182. The Hall–Kier alpha value is -0.940. The molecule has 0 radical (unpaired) electrons. The van der Waals surface area contributed by atoms with Crippen LogP contribution in [0.1, 0.15) is 17.2 Å². The maximum absolute atomic E-state index is 5.90. The summed E-state index contributed by atoms with van der Waals surface area (Å²) < 4.78 is 11.7. The molecule has 1 aromatic carbocycles. The van der Waals surface area contributed by atoms with Gasteiger partial charge in [-0.2, -0.15) is 0 Å². The number of hydrogen-bond acceptors (Lipinski definition) is 4. The van der Waals surface area contributed by atoms with Crippen LogP contribution in [0.2, 0.25) is 0 Å². The minimum Gasteiger partial charge on any atom is -0.374 e. The van der Waals surface area contributed by atoms with Crippen molar-refractivity contribution < 1.29 is 9.47 Å². The fourth-order valence-corrected chi connectivity index (χ4v) is 3.01. The number of hydrogen-bond donors (Lipinski definition) is 1. The highest BCUT2D eigenvalue weighted by Gasteiger charge is 2.21. The maximum atomic E-state index is 5.90. The van der Waals surface area contributed by atoms with Gasteiger partial charge in [0.2, 0.25) is 0 Å². The van der Waals surface area contributed by atoms with Gasteiger partial charge < -0.3 is 19.7 Å². The Bertz CT molecular complexity index is 438. The minimum absolute atomic E-state index is 0.182. The summed E-state index contributed by atoms with van der Waals surface area (Å²) in [6.07, 6.45) is 1.51. The van der Waals surface area contributed by atoms with E-state index in [1.165, 1.54) is 11.1 Å². The van der Waals surface area contributed by atoms with E-state index in [4.69, 9.17) is 9.47 Å². The number of nitrogens with one attached hydrogen (secondary N) is 1. The largest absolute Gasteiger partial charge is 0.374 e. The zero-order chi connectivity index (χ0) is 13.8. The molecule has 1 N–H and O–H groups in total. The van der Waals surface area contributed by atoms with Gasteiger partial charge in [-0.3, -0.25) is 0 Å². The highest BCUT2D eigenvalue weighted by Crippen LogP contribution is 2.26. The maximum Gasteiger partial charge on any atom is 0.0952 e. The van der Waals surface area contributed by atoms with Crippen LogP contribution in [0.25, 0.3) is 0 Å². The van der Waals surface area contributed by atoms with Crippen molar-refractivity contribution >= 4 is 0 Å². The van der Waals surface area contributed by atoms with Crippen molar-refractivity contribution in [2.75, 3.05) is 46.4 Å². The molecule has 2 aliphatic rings. The molecule has 0 aliphatic carbocycles. The third-order valence-electron chi connectivity index (χ3n) is 4.14. The second-order valence-electron chi connectivity index (χ2n) is 5.72. The Kier molecular flexibility index (Phi) is 4.68. The molecule has 2 atom stereocenters. The lowest BCUT2D eigenvalue weighted by molar-refractivity contribution is -0.0212. The Morgan fingerprint density at radius 2 is 2.10 bits per heavy atom. The molecule has 0 bridgehead atoms. The summed E-state index contributed by atoms with van der Waals surface area (Å²) in [7, 11) is 2.15. The van der Waals surface area contributed by atoms with Gasteiger partial charge in [0.25, 0.3) is 0 Å². The Labute approximate surface area is 121 Å². The van der Waals surface area contributed by atoms with Crippen LogP contribution in [0, 0.1) is 0 Å². The van der Waals surface area contributed by atoms with Crippen molar-refractivity contribution in [1.82, 2.24) is 10.2 Å². The van der Waals surface area contributed by atoms with Crippen LogP contribution in [-0.4, -0.2) is 57.4 Å². The molecule has 0 saturated carbocycles. The quantitative estimate of drug-likeness (QED) is 0.896. The molecular weight excluding hydrogens is 252 g/mol. The predicted molar refractivity (Wildman–Crippen MR) is 78.9 cm³/mol. The molecule has 0 amide bonds. The predicted octanol–water partition coefficient (Wildman–Crippen LogP) is 1.22. The second-order valence-corrected chi connectivity index (χ2v) is 5.72. The van der Waals surface area contributed by atoms with Crippen molar-refractivity contribution in [3.63, 3.8) is 0 Å². The highest BCUT2D eigenvalue weighted by molar-refractivity contribution is 5.31. The molecule has 0 spiro atoms. The van der Waals surface area contributed by atoms with Crippen molar-refractivity contribution in [3.8, 4) is 0 Å². The van der Waals surface area contributed by atoms with Crippen molar-refractivity contribution in [2.45, 2.75) is 18.6 Å². The summed E-state index contributed by atoms with van der Waals surface area (Å²) in [5.41, 5.74) is 2.77. The van der Waals surface area contributed by atoms with E-state index >= 15 is 0 Å².